The molecule has 0 aromatic carbocycles. The van der Waals surface area contributed by atoms with E-state index in [0.717, 1.165) is 44.0 Å². The van der Waals surface area contributed by atoms with E-state index in [1.54, 1.807) is 0 Å². The molecule has 4 rings (SSSR count). The standard InChI is InChI=1S/C19H25N3O/c1-13(17-15(23)12-14-18(17)19(14,2)3)21-8-10-22(11-9-21)16-6-4-5-7-20-16/h4-7,14,18H,8-12H2,1-3H3/t14-,18-/m1/s1. The first-order valence-electron chi connectivity index (χ1n) is 8.65. The monoisotopic (exact) mass is 311 g/mol. The van der Waals surface area contributed by atoms with Crippen molar-refractivity contribution in [2.75, 3.05) is 31.1 Å². The van der Waals surface area contributed by atoms with Crippen LogP contribution in [-0.4, -0.2) is 41.8 Å². The van der Waals surface area contributed by atoms with Crippen LogP contribution in [0, 0.1) is 17.3 Å². The summed E-state index contributed by atoms with van der Waals surface area (Å²) in [6.07, 6.45) is 2.61. The number of ketones is 1. The molecule has 0 unspecified atom stereocenters. The highest BCUT2D eigenvalue weighted by atomic mass is 16.1. The van der Waals surface area contributed by atoms with Gasteiger partial charge in [-0.25, -0.2) is 4.98 Å². The zero-order chi connectivity index (χ0) is 16.2. The van der Waals surface area contributed by atoms with Crippen LogP contribution in [0.2, 0.25) is 0 Å². The van der Waals surface area contributed by atoms with Crippen molar-refractivity contribution in [3.05, 3.63) is 35.7 Å². The van der Waals surface area contributed by atoms with E-state index in [1.807, 2.05) is 18.3 Å². The number of rotatable bonds is 2. The number of hydrogen-bond acceptors (Lipinski definition) is 4. The fraction of sp³-hybridized carbons (Fsp3) is 0.579. The molecule has 4 nitrogen and oxygen atoms in total. The van der Waals surface area contributed by atoms with Gasteiger partial charge in [-0.15, -0.1) is 0 Å². The van der Waals surface area contributed by atoms with Gasteiger partial charge < -0.3 is 9.80 Å². The Morgan fingerprint density at radius 1 is 1.22 bits per heavy atom. The van der Waals surface area contributed by atoms with Crippen molar-refractivity contribution in [2.24, 2.45) is 17.3 Å². The van der Waals surface area contributed by atoms with Gasteiger partial charge in [-0.3, -0.25) is 4.79 Å². The average Bonchev–Trinajstić information content (AvgIpc) is 2.92. The Kier molecular flexibility index (Phi) is 3.26. The summed E-state index contributed by atoms with van der Waals surface area (Å²) < 4.78 is 0. The summed E-state index contributed by atoms with van der Waals surface area (Å²) in [6, 6.07) is 6.06. The zero-order valence-electron chi connectivity index (χ0n) is 14.2. The number of piperazine rings is 1. The summed E-state index contributed by atoms with van der Waals surface area (Å²) in [5.74, 6) is 2.54. The summed E-state index contributed by atoms with van der Waals surface area (Å²) in [4.78, 5) is 21.5. The first-order valence-corrected chi connectivity index (χ1v) is 8.65. The van der Waals surface area contributed by atoms with E-state index in [4.69, 9.17) is 0 Å². The molecule has 1 aromatic heterocycles. The van der Waals surface area contributed by atoms with Gasteiger partial charge in [0.25, 0.3) is 0 Å². The Bertz CT molecular complexity index is 656. The highest BCUT2D eigenvalue weighted by molar-refractivity contribution is 6.01. The number of carbonyl (C=O) groups is 1. The summed E-state index contributed by atoms with van der Waals surface area (Å²) in [5, 5.41) is 0. The lowest BCUT2D eigenvalue weighted by molar-refractivity contribution is -0.115. The second-order valence-corrected chi connectivity index (χ2v) is 7.69. The maximum absolute atomic E-state index is 12.4. The predicted molar refractivity (Wildman–Crippen MR) is 91.1 cm³/mol. The number of carbonyl (C=O) groups excluding carboxylic acids is 1. The molecule has 2 heterocycles. The smallest absolute Gasteiger partial charge is 0.161 e. The summed E-state index contributed by atoms with van der Waals surface area (Å²) in [6.45, 7) is 10.6. The van der Waals surface area contributed by atoms with Crippen molar-refractivity contribution in [1.29, 1.82) is 0 Å². The van der Waals surface area contributed by atoms with Gasteiger partial charge in [0.1, 0.15) is 5.82 Å². The topological polar surface area (TPSA) is 36.4 Å². The average molecular weight is 311 g/mol. The number of hydrogen-bond donors (Lipinski definition) is 0. The lowest BCUT2D eigenvalue weighted by atomic mass is 9.95. The molecule has 122 valence electrons. The van der Waals surface area contributed by atoms with Crippen molar-refractivity contribution in [2.45, 2.75) is 27.2 Å². The third-order valence-electron chi connectivity index (χ3n) is 6.18. The number of nitrogens with zero attached hydrogens (tertiary/aromatic N) is 3. The normalized spacial score (nSPS) is 31.2. The molecular formula is C19H25N3O. The molecule has 0 bridgehead atoms. The lowest BCUT2D eigenvalue weighted by Gasteiger charge is -2.38. The summed E-state index contributed by atoms with van der Waals surface area (Å²) in [5.41, 5.74) is 2.69. The van der Waals surface area contributed by atoms with E-state index in [-0.39, 0.29) is 0 Å². The SMILES string of the molecule is CC(=C1C(=O)C[C@@H]2[C@H]1C2(C)C)N1CCN(c2ccccn2)CC1. The molecule has 23 heavy (non-hydrogen) atoms. The van der Waals surface area contributed by atoms with Crippen LogP contribution < -0.4 is 4.90 Å². The van der Waals surface area contributed by atoms with Crippen molar-refractivity contribution in [1.82, 2.24) is 9.88 Å². The number of fused-ring (bicyclic) bond motifs is 1. The minimum Gasteiger partial charge on any atom is -0.371 e. The Morgan fingerprint density at radius 2 is 1.96 bits per heavy atom. The number of aromatic nitrogens is 1. The molecule has 0 amide bonds. The van der Waals surface area contributed by atoms with E-state index < -0.39 is 0 Å². The molecule has 0 radical (unpaired) electrons. The van der Waals surface area contributed by atoms with Gasteiger partial charge in [-0.1, -0.05) is 19.9 Å². The Morgan fingerprint density at radius 3 is 2.57 bits per heavy atom. The van der Waals surface area contributed by atoms with Gasteiger partial charge in [-0.05, 0) is 36.3 Å². The van der Waals surface area contributed by atoms with Gasteiger partial charge >= 0.3 is 0 Å². The second-order valence-electron chi connectivity index (χ2n) is 7.69. The van der Waals surface area contributed by atoms with Crippen LogP contribution in [0.4, 0.5) is 5.82 Å². The minimum atomic E-state index is 0.334. The Hall–Kier alpha value is -1.84. The third kappa shape index (κ3) is 2.27. The fourth-order valence-electron chi connectivity index (χ4n) is 4.59. The molecule has 4 heteroatoms. The van der Waals surface area contributed by atoms with Crippen molar-refractivity contribution < 1.29 is 4.79 Å². The predicted octanol–water partition coefficient (Wildman–Crippen LogP) is 2.72. The van der Waals surface area contributed by atoms with Crippen LogP contribution in [0.15, 0.2) is 35.7 Å². The molecule has 2 saturated carbocycles. The van der Waals surface area contributed by atoms with Gasteiger partial charge in [0.15, 0.2) is 5.78 Å². The molecule has 0 N–H and O–H groups in total. The van der Waals surface area contributed by atoms with Crippen molar-refractivity contribution >= 4 is 11.6 Å². The second kappa shape index (κ2) is 5.08. The van der Waals surface area contributed by atoms with Crippen LogP contribution in [-0.2, 0) is 4.79 Å². The first-order chi connectivity index (χ1) is 11.0. The number of allylic oxidation sites excluding steroid dienone is 2. The van der Waals surface area contributed by atoms with E-state index in [2.05, 4.69) is 41.6 Å². The van der Waals surface area contributed by atoms with Crippen molar-refractivity contribution in [3.63, 3.8) is 0 Å². The van der Waals surface area contributed by atoms with E-state index in [1.165, 1.54) is 5.70 Å². The minimum absolute atomic E-state index is 0.334. The van der Waals surface area contributed by atoms with E-state index >= 15 is 0 Å². The molecule has 1 saturated heterocycles. The summed E-state index contributed by atoms with van der Waals surface area (Å²) >= 11 is 0. The lowest BCUT2D eigenvalue weighted by Crippen LogP contribution is -2.46. The Balaban J connectivity index is 1.48. The molecule has 1 aromatic rings. The molecule has 2 atom stereocenters. The van der Waals surface area contributed by atoms with E-state index in [0.29, 0.717) is 23.0 Å². The third-order valence-corrected chi connectivity index (χ3v) is 6.18. The van der Waals surface area contributed by atoms with Gasteiger partial charge in [0.2, 0.25) is 0 Å². The quantitative estimate of drug-likeness (QED) is 0.787. The highest BCUT2D eigenvalue weighted by Crippen LogP contribution is 2.68. The van der Waals surface area contributed by atoms with Crippen LogP contribution >= 0.6 is 0 Å². The molecule has 2 aliphatic carbocycles. The largest absolute Gasteiger partial charge is 0.371 e. The Labute approximate surface area is 138 Å². The van der Waals surface area contributed by atoms with Crippen LogP contribution in [0.1, 0.15) is 27.2 Å². The molecule has 3 fully saturated rings. The van der Waals surface area contributed by atoms with Crippen LogP contribution in [0.25, 0.3) is 0 Å². The van der Waals surface area contributed by atoms with Gasteiger partial charge in [-0.2, -0.15) is 0 Å². The zero-order valence-corrected chi connectivity index (χ0v) is 14.2. The number of Topliss-reactive ketones (excluding diaryl/α,β-unsaturated/α-hetero) is 1. The molecule has 0 spiro atoms. The van der Waals surface area contributed by atoms with Crippen LogP contribution in [0.5, 0.6) is 0 Å². The van der Waals surface area contributed by atoms with Gasteiger partial charge in [0, 0.05) is 50.1 Å². The van der Waals surface area contributed by atoms with E-state index in [9.17, 15) is 4.79 Å². The van der Waals surface area contributed by atoms with Crippen molar-refractivity contribution in [3.8, 4) is 0 Å². The molecular weight excluding hydrogens is 286 g/mol. The number of anilines is 1. The summed E-state index contributed by atoms with van der Waals surface area (Å²) in [7, 11) is 0. The van der Waals surface area contributed by atoms with Gasteiger partial charge in [0.05, 0.1) is 0 Å². The van der Waals surface area contributed by atoms with Crippen LogP contribution in [0.3, 0.4) is 0 Å². The number of pyridine rings is 1. The fourth-order valence-corrected chi connectivity index (χ4v) is 4.59. The maximum Gasteiger partial charge on any atom is 0.161 e. The highest BCUT2D eigenvalue weighted by Gasteiger charge is 2.65. The first kappa shape index (κ1) is 14.7. The molecule has 1 aliphatic heterocycles. The molecule has 3 aliphatic rings. The maximum atomic E-state index is 12.4.